The summed E-state index contributed by atoms with van der Waals surface area (Å²) < 4.78 is 73.9. The van der Waals surface area contributed by atoms with Gasteiger partial charge in [-0.25, -0.2) is 4.79 Å². The Morgan fingerprint density at radius 3 is 2.00 bits per heavy atom. The molecule has 0 aliphatic carbocycles. The van der Waals surface area contributed by atoms with E-state index >= 15 is 0 Å². The molecule has 0 saturated carbocycles. The van der Waals surface area contributed by atoms with Gasteiger partial charge in [0.25, 0.3) is 0 Å². The molecule has 1 aliphatic rings. The molecule has 1 atom stereocenters. The van der Waals surface area contributed by atoms with Crippen molar-refractivity contribution in [2.45, 2.75) is 25.3 Å². The maximum Gasteiger partial charge on any atom is 0.416 e. The zero-order chi connectivity index (χ0) is 12.7. The maximum atomic E-state index is 12.4. The maximum absolute atomic E-state index is 12.4. The summed E-state index contributed by atoms with van der Waals surface area (Å²) in [6.45, 7) is 0.764. The van der Waals surface area contributed by atoms with Crippen LogP contribution in [0.25, 0.3) is 0 Å². The second-order valence-electron chi connectivity index (χ2n) is 3.11. The first-order chi connectivity index (χ1) is 7.03. The molecular formula is C7H6F6N2O. The van der Waals surface area contributed by atoms with Crippen LogP contribution in [0.4, 0.5) is 31.1 Å². The third-order valence-electron chi connectivity index (χ3n) is 1.90. The van der Waals surface area contributed by atoms with Crippen molar-refractivity contribution >= 4 is 6.03 Å². The molecule has 0 bridgehead atoms. The van der Waals surface area contributed by atoms with Gasteiger partial charge < -0.3 is 10.6 Å². The van der Waals surface area contributed by atoms with Gasteiger partial charge >= 0.3 is 18.4 Å². The van der Waals surface area contributed by atoms with Crippen LogP contribution in [-0.2, 0) is 0 Å². The Labute approximate surface area is 85.5 Å². The average molecular weight is 248 g/mol. The van der Waals surface area contributed by atoms with E-state index in [-0.39, 0.29) is 0 Å². The number of halogens is 6. The summed E-state index contributed by atoms with van der Waals surface area (Å²) in [6.07, 6.45) is -10.4. The van der Waals surface area contributed by atoms with E-state index in [1.54, 1.807) is 5.32 Å². The second-order valence-corrected chi connectivity index (χ2v) is 3.11. The van der Waals surface area contributed by atoms with Crippen LogP contribution < -0.4 is 10.6 Å². The summed E-state index contributed by atoms with van der Waals surface area (Å²) in [4.78, 5) is 10.7. The van der Waals surface area contributed by atoms with Gasteiger partial charge in [-0.3, -0.25) is 0 Å². The number of nitrogens with one attached hydrogen (secondary N) is 2. The lowest BCUT2D eigenvalue weighted by Crippen LogP contribution is -2.57. The highest BCUT2D eigenvalue weighted by Crippen LogP contribution is 2.38. The molecule has 0 aromatic carbocycles. The van der Waals surface area contributed by atoms with Crippen LogP contribution in [0.2, 0.25) is 0 Å². The lowest BCUT2D eigenvalue weighted by Gasteiger charge is -2.31. The van der Waals surface area contributed by atoms with E-state index in [1.807, 2.05) is 0 Å². The topological polar surface area (TPSA) is 41.1 Å². The predicted molar refractivity (Wildman–Crippen MR) is 40.3 cm³/mol. The first-order valence-corrected chi connectivity index (χ1v) is 3.95. The van der Waals surface area contributed by atoms with E-state index in [9.17, 15) is 31.1 Å². The Hall–Kier alpha value is -1.41. The van der Waals surface area contributed by atoms with Gasteiger partial charge in [-0.2, -0.15) is 26.3 Å². The van der Waals surface area contributed by atoms with Crippen molar-refractivity contribution < 1.29 is 31.1 Å². The fourth-order valence-electron chi connectivity index (χ4n) is 1.32. The van der Waals surface area contributed by atoms with Crippen molar-refractivity contribution in [2.75, 3.05) is 0 Å². The van der Waals surface area contributed by atoms with Gasteiger partial charge in [0.15, 0.2) is 6.04 Å². The monoisotopic (exact) mass is 248 g/mol. The van der Waals surface area contributed by atoms with Crippen molar-refractivity contribution in [3.8, 4) is 0 Å². The molecule has 92 valence electrons. The molecule has 0 aromatic rings. The fourth-order valence-corrected chi connectivity index (χ4v) is 1.32. The molecule has 1 rings (SSSR count). The van der Waals surface area contributed by atoms with Gasteiger partial charge in [0, 0.05) is 5.70 Å². The van der Waals surface area contributed by atoms with Gasteiger partial charge in [-0.15, -0.1) is 0 Å². The second kappa shape index (κ2) is 3.56. The van der Waals surface area contributed by atoms with Gasteiger partial charge in [0.2, 0.25) is 0 Å². The van der Waals surface area contributed by atoms with Crippen molar-refractivity contribution in [1.29, 1.82) is 0 Å². The van der Waals surface area contributed by atoms with Crippen LogP contribution in [0, 0.1) is 0 Å². The van der Waals surface area contributed by atoms with Crippen molar-refractivity contribution in [1.82, 2.24) is 10.6 Å². The van der Waals surface area contributed by atoms with E-state index in [0.29, 0.717) is 0 Å². The van der Waals surface area contributed by atoms with Crippen molar-refractivity contribution in [2.24, 2.45) is 0 Å². The van der Waals surface area contributed by atoms with E-state index < -0.39 is 35.7 Å². The van der Waals surface area contributed by atoms with Crippen molar-refractivity contribution in [3.63, 3.8) is 0 Å². The van der Waals surface area contributed by atoms with Crippen LogP contribution >= 0.6 is 0 Å². The number of carbonyl (C=O) groups is 1. The normalized spacial score (nSPS) is 22.9. The molecule has 2 N–H and O–H groups in total. The highest BCUT2D eigenvalue weighted by atomic mass is 19.4. The molecule has 0 aromatic heterocycles. The van der Waals surface area contributed by atoms with Crippen LogP contribution in [0.3, 0.4) is 0 Å². The number of amides is 2. The fraction of sp³-hybridized carbons (Fsp3) is 0.571. The number of carbonyl (C=O) groups excluding carboxylic acids is 1. The van der Waals surface area contributed by atoms with Crippen LogP contribution in [0.5, 0.6) is 0 Å². The molecule has 1 heterocycles. The molecule has 2 amide bonds. The Bertz CT molecular complexity index is 342. The van der Waals surface area contributed by atoms with Gasteiger partial charge in [0.1, 0.15) is 0 Å². The summed E-state index contributed by atoms with van der Waals surface area (Å²) in [6, 6.07) is -4.34. The summed E-state index contributed by atoms with van der Waals surface area (Å²) in [5, 5.41) is 2.84. The highest BCUT2D eigenvalue weighted by Gasteiger charge is 2.54. The molecule has 16 heavy (non-hydrogen) atoms. The number of hydrogen-bond acceptors (Lipinski definition) is 1. The van der Waals surface area contributed by atoms with Crippen LogP contribution in [0.15, 0.2) is 11.3 Å². The SMILES string of the molecule is CC1=C(C(F)(F)F)C(C(F)(F)F)NC(=O)N1. The zero-order valence-electron chi connectivity index (χ0n) is 7.75. The Morgan fingerprint density at radius 1 is 1.12 bits per heavy atom. The minimum atomic E-state index is -5.19. The molecule has 9 heteroatoms. The molecule has 0 spiro atoms. The molecule has 0 fully saturated rings. The summed E-state index contributed by atoms with van der Waals surface area (Å²) in [7, 11) is 0. The number of rotatable bonds is 0. The molecule has 3 nitrogen and oxygen atoms in total. The molecule has 0 saturated heterocycles. The number of alkyl halides is 6. The Morgan fingerprint density at radius 2 is 1.62 bits per heavy atom. The van der Waals surface area contributed by atoms with Crippen LogP contribution in [0.1, 0.15) is 6.92 Å². The smallest absolute Gasteiger partial charge is 0.322 e. The van der Waals surface area contributed by atoms with E-state index in [4.69, 9.17) is 0 Å². The van der Waals surface area contributed by atoms with Gasteiger partial charge in [-0.05, 0) is 6.92 Å². The first kappa shape index (κ1) is 12.7. The standard InChI is InChI=1S/C7H6F6N2O/c1-2-3(6(8,9)10)4(7(11,12)13)15-5(16)14-2/h4H,1H3,(H2,14,15,16). The summed E-state index contributed by atoms with van der Waals surface area (Å²) >= 11 is 0. The van der Waals surface area contributed by atoms with E-state index in [1.165, 1.54) is 5.32 Å². The lowest BCUT2D eigenvalue weighted by atomic mass is 10.0. The van der Waals surface area contributed by atoms with Crippen LogP contribution in [-0.4, -0.2) is 24.4 Å². The van der Waals surface area contributed by atoms with Crippen molar-refractivity contribution in [3.05, 3.63) is 11.3 Å². The molecular weight excluding hydrogens is 242 g/mol. The number of allylic oxidation sites excluding steroid dienone is 1. The average Bonchev–Trinajstić information content (AvgIpc) is 1.97. The first-order valence-electron chi connectivity index (χ1n) is 3.95. The van der Waals surface area contributed by atoms with E-state index in [0.717, 1.165) is 6.92 Å². The number of urea groups is 1. The predicted octanol–water partition coefficient (Wildman–Crippen LogP) is 2.07. The number of hydrogen-bond donors (Lipinski definition) is 2. The lowest BCUT2D eigenvalue weighted by molar-refractivity contribution is -0.168. The minimum absolute atomic E-state index is 0.764. The largest absolute Gasteiger partial charge is 0.416 e. The summed E-state index contributed by atoms with van der Waals surface area (Å²) in [5.41, 5.74) is -2.68. The molecule has 0 radical (unpaired) electrons. The highest BCUT2D eigenvalue weighted by molar-refractivity contribution is 5.78. The third-order valence-corrected chi connectivity index (χ3v) is 1.90. The van der Waals surface area contributed by atoms with Gasteiger partial charge in [0.05, 0.1) is 5.57 Å². The summed E-state index contributed by atoms with van der Waals surface area (Å²) in [5.74, 6) is 0. The Balaban J connectivity index is 3.25. The van der Waals surface area contributed by atoms with E-state index in [2.05, 4.69) is 0 Å². The Kier molecular flexibility index (Phi) is 2.82. The zero-order valence-corrected chi connectivity index (χ0v) is 7.75. The minimum Gasteiger partial charge on any atom is -0.322 e. The van der Waals surface area contributed by atoms with Gasteiger partial charge in [-0.1, -0.05) is 0 Å². The molecule has 1 unspecified atom stereocenters. The quantitative estimate of drug-likeness (QED) is 0.633. The third kappa shape index (κ3) is 2.39. The molecule has 1 aliphatic heterocycles.